The first kappa shape index (κ1) is 9.00. The zero-order valence-electron chi connectivity index (χ0n) is 2.50. The predicted octanol–water partition coefficient (Wildman–Crippen LogP) is -0.483. The van der Waals surface area contributed by atoms with Crippen molar-refractivity contribution in [1.29, 1.82) is 0 Å². The molecule has 0 unspecified atom stereocenters. The third-order valence-corrected chi connectivity index (χ3v) is 0. The number of hydrogen-bond acceptors (Lipinski definition) is 3. The fraction of sp³-hybridized carbons (Fsp3) is 0. The van der Waals surface area contributed by atoms with Crippen LogP contribution in [0.1, 0.15) is 0 Å². The molecule has 0 atom stereocenters. The van der Waals surface area contributed by atoms with Crippen molar-refractivity contribution >= 4 is 8.60 Å². The van der Waals surface area contributed by atoms with Crippen molar-refractivity contribution in [3.8, 4) is 0 Å². The van der Waals surface area contributed by atoms with Gasteiger partial charge in [0.25, 0.3) is 0 Å². The lowest BCUT2D eigenvalue weighted by Gasteiger charge is -1.76. The summed E-state index contributed by atoms with van der Waals surface area (Å²) in [5.41, 5.74) is 0. The molecule has 0 spiro atoms. The second kappa shape index (κ2) is 4.31. The minimum Gasteiger partial charge on any atom is -0.328 e. The summed E-state index contributed by atoms with van der Waals surface area (Å²) in [7, 11) is -2.62. The van der Waals surface area contributed by atoms with Crippen molar-refractivity contribution in [2.24, 2.45) is 0 Å². The Bertz CT molecular complexity index is 11.6. The van der Waals surface area contributed by atoms with Gasteiger partial charge in [0.1, 0.15) is 0 Å². The molecule has 0 aromatic carbocycles. The molecule has 0 aromatic rings. The quantitative estimate of drug-likeness (QED) is 0.357. The molecule has 0 amide bonds. The highest BCUT2D eigenvalue weighted by Gasteiger charge is 1.76. The van der Waals surface area contributed by atoms with Gasteiger partial charge in [0.15, 0.2) is 0 Å². The first-order valence-corrected chi connectivity index (χ1v) is 1.80. The van der Waals surface area contributed by atoms with E-state index in [1.54, 1.807) is 0 Å². The van der Waals surface area contributed by atoms with Crippen LogP contribution in [0.3, 0.4) is 0 Å². The fourth-order valence-corrected chi connectivity index (χ4v) is 0. The monoisotopic (exact) mass is 96.0 g/mol. The Hall–Kier alpha value is 0.310. The van der Waals surface area contributed by atoms with Crippen LogP contribution >= 0.6 is 8.60 Å². The van der Waals surface area contributed by atoms with Crippen molar-refractivity contribution < 1.29 is 14.7 Å². The van der Waals surface area contributed by atoms with Crippen LogP contribution in [0.2, 0.25) is 0 Å². The molecule has 0 aromatic heterocycles. The Kier molecular flexibility index (Phi) is 7.76. The van der Waals surface area contributed by atoms with E-state index in [4.69, 9.17) is 14.7 Å². The van der Waals surface area contributed by atoms with Gasteiger partial charge in [0.2, 0.25) is 0 Å². The SMILES string of the molecule is OP(O)O.[CH2]. The van der Waals surface area contributed by atoms with E-state index in [2.05, 4.69) is 0 Å². The van der Waals surface area contributed by atoms with Gasteiger partial charge < -0.3 is 14.7 Å². The second-order valence-electron chi connectivity index (χ2n) is 0.268. The Morgan fingerprint density at radius 2 is 1.00 bits per heavy atom. The molecule has 32 valence electrons. The molecule has 2 radical (unpaired) electrons. The summed E-state index contributed by atoms with van der Waals surface area (Å²) in [5.74, 6) is 0. The van der Waals surface area contributed by atoms with E-state index in [9.17, 15) is 0 Å². The summed E-state index contributed by atoms with van der Waals surface area (Å²) >= 11 is 0. The van der Waals surface area contributed by atoms with Crippen LogP contribution in [0.25, 0.3) is 0 Å². The molecule has 0 saturated carbocycles. The van der Waals surface area contributed by atoms with Crippen LogP contribution in [0.15, 0.2) is 0 Å². The van der Waals surface area contributed by atoms with E-state index in [0.29, 0.717) is 0 Å². The molecule has 0 aliphatic heterocycles. The van der Waals surface area contributed by atoms with E-state index in [1.807, 2.05) is 0 Å². The maximum Gasteiger partial charge on any atom is 0.324 e. The van der Waals surface area contributed by atoms with Crippen molar-refractivity contribution in [3.05, 3.63) is 7.43 Å². The third-order valence-electron chi connectivity index (χ3n) is 0. The molecule has 3 N–H and O–H groups in total. The van der Waals surface area contributed by atoms with E-state index < -0.39 is 8.60 Å². The minimum atomic E-state index is -2.62. The molecule has 0 heterocycles. The van der Waals surface area contributed by atoms with Gasteiger partial charge in [-0.05, 0) is 0 Å². The smallest absolute Gasteiger partial charge is 0.324 e. The van der Waals surface area contributed by atoms with Gasteiger partial charge in [-0.25, -0.2) is 0 Å². The normalized spacial score (nSPS) is 7.20. The van der Waals surface area contributed by atoms with Gasteiger partial charge in [0, 0.05) is 0 Å². The van der Waals surface area contributed by atoms with Gasteiger partial charge in [-0.1, -0.05) is 7.43 Å². The molecule has 0 saturated heterocycles. The molecular weight excluding hydrogens is 91.0 g/mol. The third kappa shape index (κ3) is 239. The van der Waals surface area contributed by atoms with E-state index in [-0.39, 0.29) is 7.43 Å². The molecule has 0 bridgehead atoms. The van der Waals surface area contributed by atoms with Gasteiger partial charge in [-0.2, -0.15) is 0 Å². The van der Waals surface area contributed by atoms with Gasteiger partial charge in [0.05, 0.1) is 0 Å². The van der Waals surface area contributed by atoms with E-state index >= 15 is 0 Å². The summed E-state index contributed by atoms with van der Waals surface area (Å²) in [6.07, 6.45) is 0. The standard InChI is InChI=1S/CH2.H3O3P/c;1-4(2)3/h1H2;1-3H. The van der Waals surface area contributed by atoms with Crippen LogP contribution in [0.4, 0.5) is 0 Å². The van der Waals surface area contributed by atoms with Crippen LogP contribution < -0.4 is 0 Å². The largest absolute Gasteiger partial charge is 0.328 e. The lowest BCUT2D eigenvalue weighted by atomic mass is 12.0. The maximum absolute atomic E-state index is 7.23. The Morgan fingerprint density at radius 3 is 1.00 bits per heavy atom. The first-order valence-electron chi connectivity index (χ1n) is 0.600. The van der Waals surface area contributed by atoms with Crippen molar-refractivity contribution in [3.63, 3.8) is 0 Å². The zero-order chi connectivity index (χ0) is 3.58. The summed E-state index contributed by atoms with van der Waals surface area (Å²) in [6.45, 7) is 0. The summed E-state index contributed by atoms with van der Waals surface area (Å²) in [6, 6.07) is 0. The lowest BCUT2D eigenvalue weighted by molar-refractivity contribution is 0.368. The molecular formula is CH5O3P. The minimum absolute atomic E-state index is 0. The van der Waals surface area contributed by atoms with Crippen molar-refractivity contribution in [1.82, 2.24) is 0 Å². The highest BCUT2D eigenvalue weighted by molar-refractivity contribution is 7.38. The maximum atomic E-state index is 7.23. The Morgan fingerprint density at radius 1 is 1.00 bits per heavy atom. The van der Waals surface area contributed by atoms with Gasteiger partial charge in [-0.15, -0.1) is 0 Å². The van der Waals surface area contributed by atoms with Gasteiger partial charge in [-0.3, -0.25) is 0 Å². The fourth-order valence-electron chi connectivity index (χ4n) is 0. The average Bonchev–Trinajstić information content (AvgIpc) is 0.811. The van der Waals surface area contributed by atoms with Crippen LogP contribution in [-0.4, -0.2) is 14.7 Å². The molecule has 3 nitrogen and oxygen atoms in total. The lowest BCUT2D eigenvalue weighted by Crippen LogP contribution is -1.54. The Balaban J connectivity index is 0. The molecule has 5 heavy (non-hydrogen) atoms. The molecule has 0 fully saturated rings. The topological polar surface area (TPSA) is 60.7 Å². The van der Waals surface area contributed by atoms with Crippen LogP contribution in [0.5, 0.6) is 0 Å². The number of rotatable bonds is 0. The van der Waals surface area contributed by atoms with Gasteiger partial charge >= 0.3 is 8.60 Å². The van der Waals surface area contributed by atoms with Crippen molar-refractivity contribution in [2.75, 3.05) is 0 Å². The molecule has 0 aliphatic carbocycles. The average molecular weight is 96.0 g/mol. The van der Waals surface area contributed by atoms with E-state index in [1.165, 1.54) is 0 Å². The summed E-state index contributed by atoms with van der Waals surface area (Å²) in [5, 5.41) is 0. The molecule has 0 aliphatic rings. The highest BCUT2D eigenvalue weighted by atomic mass is 31.2. The predicted molar refractivity (Wildman–Crippen MR) is 18.9 cm³/mol. The van der Waals surface area contributed by atoms with Crippen molar-refractivity contribution in [2.45, 2.75) is 0 Å². The second-order valence-corrected chi connectivity index (χ2v) is 0.805. The highest BCUT2D eigenvalue weighted by Crippen LogP contribution is 2.11. The van der Waals surface area contributed by atoms with Crippen LogP contribution in [-0.2, 0) is 0 Å². The first-order chi connectivity index (χ1) is 1.73. The summed E-state index contributed by atoms with van der Waals surface area (Å²) < 4.78 is 0. The van der Waals surface area contributed by atoms with E-state index in [0.717, 1.165) is 0 Å². The van der Waals surface area contributed by atoms with Crippen LogP contribution in [0, 0.1) is 7.43 Å². The zero-order valence-corrected chi connectivity index (χ0v) is 3.39. The molecule has 0 rings (SSSR count). The number of hydrogen-bond donors (Lipinski definition) is 3. The summed E-state index contributed by atoms with van der Waals surface area (Å²) in [4.78, 5) is 21.7. The molecule has 4 heteroatoms. The Labute approximate surface area is 31.9 Å².